The number of carbonyl (C=O) groups is 2. The first kappa shape index (κ1) is 18.4. The van der Waals surface area contributed by atoms with Gasteiger partial charge in [-0.15, -0.1) is 0 Å². The highest BCUT2D eigenvalue weighted by Crippen LogP contribution is 2.32. The van der Waals surface area contributed by atoms with Crippen molar-refractivity contribution in [2.45, 2.75) is 0 Å². The molecule has 1 fully saturated rings. The molecule has 2 aromatic rings. The van der Waals surface area contributed by atoms with Gasteiger partial charge in [-0.3, -0.25) is 14.9 Å². The second kappa shape index (κ2) is 7.45. The van der Waals surface area contributed by atoms with Crippen molar-refractivity contribution in [3.63, 3.8) is 0 Å². The van der Waals surface area contributed by atoms with E-state index in [2.05, 4.69) is 5.32 Å². The predicted octanol–water partition coefficient (Wildman–Crippen LogP) is 3.83. The molecule has 0 aliphatic carbocycles. The van der Waals surface area contributed by atoms with Crippen LogP contribution in [0.15, 0.2) is 48.0 Å². The molecule has 0 atom stereocenters. The van der Waals surface area contributed by atoms with Crippen LogP contribution in [0.2, 0.25) is 10.0 Å². The molecule has 26 heavy (non-hydrogen) atoms. The topological polar surface area (TPSA) is 58.6 Å². The zero-order valence-corrected chi connectivity index (χ0v) is 15.8. The molecule has 1 aliphatic rings. The fourth-order valence-electron chi connectivity index (χ4n) is 2.48. The number of amides is 2. The Morgan fingerprint density at radius 3 is 2.38 bits per heavy atom. The summed E-state index contributed by atoms with van der Waals surface area (Å²) in [5.74, 6) is -0.782. The Labute approximate surface area is 165 Å². The van der Waals surface area contributed by atoms with Gasteiger partial charge in [0, 0.05) is 15.6 Å². The highest BCUT2D eigenvalue weighted by molar-refractivity contribution is 7.80. The number of nitrogens with zero attached hydrogens (tertiary/aromatic N) is 1. The zero-order chi connectivity index (χ0) is 18.8. The first-order chi connectivity index (χ1) is 12.4. The van der Waals surface area contributed by atoms with Crippen molar-refractivity contribution < 1.29 is 14.3 Å². The van der Waals surface area contributed by atoms with Crippen LogP contribution in [0.3, 0.4) is 0 Å². The van der Waals surface area contributed by atoms with E-state index in [1.54, 1.807) is 42.5 Å². The summed E-state index contributed by atoms with van der Waals surface area (Å²) in [5.41, 5.74) is 0.655. The molecule has 1 saturated heterocycles. The van der Waals surface area contributed by atoms with Gasteiger partial charge >= 0.3 is 0 Å². The minimum atomic E-state index is -0.623. The van der Waals surface area contributed by atoms with Crippen molar-refractivity contribution >= 4 is 64.1 Å². The Kier molecular flexibility index (Phi) is 5.27. The molecule has 2 aromatic carbocycles. The Bertz CT molecular complexity index is 939. The molecule has 1 heterocycles. The van der Waals surface area contributed by atoms with Crippen LogP contribution in [0.4, 0.5) is 5.69 Å². The molecule has 5 nitrogen and oxygen atoms in total. The maximum Gasteiger partial charge on any atom is 0.270 e. The number of benzene rings is 2. The number of hydrogen-bond acceptors (Lipinski definition) is 4. The van der Waals surface area contributed by atoms with Gasteiger partial charge in [0.1, 0.15) is 11.3 Å². The minimum absolute atomic E-state index is 0.0353. The van der Waals surface area contributed by atoms with Crippen LogP contribution in [0.1, 0.15) is 5.56 Å². The number of nitrogens with one attached hydrogen (secondary N) is 1. The van der Waals surface area contributed by atoms with Gasteiger partial charge < -0.3 is 4.74 Å². The van der Waals surface area contributed by atoms with Crippen LogP contribution in [-0.4, -0.2) is 24.0 Å². The molecule has 3 rings (SSSR count). The summed E-state index contributed by atoms with van der Waals surface area (Å²) in [5, 5.41) is 3.11. The predicted molar refractivity (Wildman–Crippen MR) is 106 cm³/mol. The standard InChI is InChI=1S/C18H12Cl2N2O3S/c1-25-15-8-3-2-7-14(15)22-17(24)11(16(23)21-18(22)26)9-10-12(19)5-4-6-13(10)20/h2-9H,1H3,(H,21,23,26). The average Bonchev–Trinajstić information content (AvgIpc) is 2.61. The maximum atomic E-state index is 13.0. The van der Waals surface area contributed by atoms with Gasteiger partial charge in [0.15, 0.2) is 5.11 Å². The lowest BCUT2D eigenvalue weighted by molar-refractivity contribution is -0.122. The van der Waals surface area contributed by atoms with Crippen molar-refractivity contribution in [2.75, 3.05) is 12.0 Å². The maximum absolute atomic E-state index is 13.0. The Hall–Kier alpha value is -2.41. The van der Waals surface area contributed by atoms with E-state index in [4.69, 9.17) is 40.2 Å². The van der Waals surface area contributed by atoms with E-state index in [1.165, 1.54) is 18.1 Å². The van der Waals surface area contributed by atoms with Crippen molar-refractivity contribution in [3.8, 4) is 5.75 Å². The third-order valence-electron chi connectivity index (χ3n) is 3.72. The van der Waals surface area contributed by atoms with Crippen molar-refractivity contribution in [3.05, 3.63) is 63.6 Å². The summed E-state index contributed by atoms with van der Waals surface area (Å²) in [6.07, 6.45) is 1.35. The van der Waals surface area contributed by atoms with E-state index >= 15 is 0 Å². The van der Waals surface area contributed by atoms with Gasteiger partial charge in [-0.2, -0.15) is 0 Å². The molecule has 0 aromatic heterocycles. The SMILES string of the molecule is COc1ccccc1N1C(=O)C(=Cc2c(Cl)cccc2Cl)C(=O)NC1=S. The van der Waals surface area contributed by atoms with Crippen LogP contribution < -0.4 is 15.0 Å². The Morgan fingerprint density at radius 2 is 1.73 bits per heavy atom. The normalized spacial score (nSPS) is 16.0. The summed E-state index contributed by atoms with van der Waals surface area (Å²) in [4.78, 5) is 26.6. The van der Waals surface area contributed by atoms with Gasteiger partial charge in [-0.05, 0) is 42.6 Å². The lowest BCUT2D eigenvalue weighted by Crippen LogP contribution is -2.54. The van der Waals surface area contributed by atoms with Crippen LogP contribution in [0.25, 0.3) is 6.08 Å². The Balaban J connectivity index is 2.11. The van der Waals surface area contributed by atoms with Crippen LogP contribution in [0.5, 0.6) is 5.75 Å². The molecule has 1 N–H and O–H groups in total. The fourth-order valence-corrected chi connectivity index (χ4v) is 3.26. The third kappa shape index (κ3) is 3.31. The molecule has 1 aliphatic heterocycles. The van der Waals surface area contributed by atoms with Crippen LogP contribution in [-0.2, 0) is 9.59 Å². The van der Waals surface area contributed by atoms with Gasteiger partial charge in [-0.25, -0.2) is 4.90 Å². The number of para-hydroxylation sites is 2. The van der Waals surface area contributed by atoms with E-state index in [0.717, 1.165) is 0 Å². The first-order valence-electron chi connectivity index (χ1n) is 7.42. The molecule has 8 heteroatoms. The molecule has 0 saturated carbocycles. The lowest BCUT2D eigenvalue weighted by Gasteiger charge is -2.29. The molecule has 0 spiro atoms. The zero-order valence-electron chi connectivity index (χ0n) is 13.5. The van der Waals surface area contributed by atoms with E-state index in [0.29, 0.717) is 27.0 Å². The number of ether oxygens (including phenoxy) is 1. The number of rotatable bonds is 3. The van der Waals surface area contributed by atoms with Crippen LogP contribution in [0, 0.1) is 0 Å². The largest absolute Gasteiger partial charge is 0.495 e. The fraction of sp³-hybridized carbons (Fsp3) is 0.0556. The van der Waals surface area contributed by atoms with Crippen molar-refractivity contribution in [1.82, 2.24) is 5.32 Å². The second-order valence-electron chi connectivity index (χ2n) is 5.27. The molecule has 0 radical (unpaired) electrons. The molecule has 132 valence electrons. The molecular formula is C18H12Cl2N2O3S. The summed E-state index contributed by atoms with van der Waals surface area (Å²) in [7, 11) is 1.48. The minimum Gasteiger partial charge on any atom is -0.495 e. The summed E-state index contributed by atoms with van der Waals surface area (Å²) in [6, 6.07) is 11.8. The molecule has 2 amide bonds. The second-order valence-corrected chi connectivity index (χ2v) is 6.47. The van der Waals surface area contributed by atoms with Gasteiger partial charge in [-0.1, -0.05) is 41.4 Å². The van der Waals surface area contributed by atoms with E-state index in [-0.39, 0.29) is 10.7 Å². The van der Waals surface area contributed by atoms with Gasteiger partial charge in [0.05, 0.1) is 12.8 Å². The summed E-state index contributed by atoms with van der Waals surface area (Å²) >= 11 is 17.5. The number of methoxy groups -OCH3 is 1. The molecule has 0 unspecified atom stereocenters. The number of halogens is 2. The number of hydrogen-bond donors (Lipinski definition) is 1. The summed E-state index contributed by atoms with van der Waals surface area (Å²) in [6.45, 7) is 0. The summed E-state index contributed by atoms with van der Waals surface area (Å²) < 4.78 is 5.29. The number of carbonyl (C=O) groups excluding carboxylic acids is 2. The van der Waals surface area contributed by atoms with Gasteiger partial charge in [0.25, 0.3) is 11.8 Å². The Morgan fingerprint density at radius 1 is 1.08 bits per heavy atom. The van der Waals surface area contributed by atoms with Crippen molar-refractivity contribution in [2.24, 2.45) is 0 Å². The quantitative estimate of drug-likeness (QED) is 0.477. The first-order valence-corrected chi connectivity index (χ1v) is 8.59. The molecular weight excluding hydrogens is 395 g/mol. The van der Waals surface area contributed by atoms with Crippen LogP contribution >= 0.6 is 35.4 Å². The van der Waals surface area contributed by atoms with E-state index in [1.807, 2.05) is 0 Å². The van der Waals surface area contributed by atoms with Crippen molar-refractivity contribution in [1.29, 1.82) is 0 Å². The average molecular weight is 407 g/mol. The van der Waals surface area contributed by atoms with E-state index < -0.39 is 11.8 Å². The highest BCUT2D eigenvalue weighted by atomic mass is 35.5. The third-order valence-corrected chi connectivity index (χ3v) is 4.66. The number of anilines is 1. The van der Waals surface area contributed by atoms with Gasteiger partial charge in [0.2, 0.25) is 0 Å². The highest BCUT2D eigenvalue weighted by Gasteiger charge is 2.36. The lowest BCUT2D eigenvalue weighted by atomic mass is 10.1. The van der Waals surface area contributed by atoms with E-state index in [9.17, 15) is 9.59 Å². The molecule has 0 bridgehead atoms. The smallest absolute Gasteiger partial charge is 0.270 e. The monoisotopic (exact) mass is 406 g/mol. The number of thiocarbonyl (C=S) groups is 1.